The van der Waals surface area contributed by atoms with E-state index in [4.69, 9.17) is 4.74 Å². The average molecular weight is 315 g/mol. The van der Waals surface area contributed by atoms with Gasteiger partial charge >= 0.3 is 6.09 Å². The number of carbonyl (C=O) groups is 1. The lowest BCUT2D eigenvalue weighted by Crippen LogP contribution is -2.16. The van der Waals surface area contributed by atoms with Crippen LogP contribution in [0, 0.1) is 0 Å². The summed E-state index contributed by atoms with van der Waals surface area (Å²) in [5, 5.41) is 3.77. The molecule has 0 atom stereocenters. The third kappa shape index (κ3) is 4.75. The molecule has 0 radical (unpaired) electrons. The standard InChI is InChI=1S/C12H15BrN2O3/c1-3-6-18-11-5-4-10(13)7-9(11)8-14-15-12(16)17-2/h4-5,7-8H,3,6H2,1-2H3,(H,15,16)/b14-8-. The van der Waals surface area contributed by atoms with Crippen molar-refractivity contribution in [3.8, 4) is 5.75 Å². The fraction of sp³-hybridized carbons (Fsp3) is 0.333. The molecule has 0 bridgehead atoms. The van der Waals surface area contributed by atoms with E-state index in [1.165, 1.54) is 13.3 Å². The summed E-state index contributed by atoms with van der Waals surface area (Å²) in [6.45, 7) is 2.67. The quantitative estimate of drug-likeness (QED) is 0.671. The van der Waals surface area contributed by atoms with E-state index in [9.17, 15) is 4.79 Å². The van der Waals surface area contributed by atoms with Gasteiger partial charge in [0.05, 0.1) is 19.9 Å². The summed E-state index contributed by atoms with van der Waals surface area (Å²) in [4.78, 5) is 10.8. The van der Waals surface area contributed by atoms with E-state index in [1.807, 2.05) is 25.1 Å². The minimum atomic E-state index is -0.614. The van der Waals surface area contributed by atoms with E-state index >= 15 is 0 Å². The maximum atomic E-state index is 10.8. The average Bonchev–Trinajstić information content (AvgIpc) is 2.37. The van der Waals surface area contributed by atoms with E-state index in [0.29, 0.717) is 6.61 Å². The lowest BCUT2D eigenvalue weighted by Gasteiger charge is -2.08. The van der Waals surface area contributed by atoms with E-state index < -0.39 is 6.09 Å². The minimum Gasteiger partial charge on any atom is -0.493 e. The van der Waals surface area contributed by atoms with Gasteiger partial charge in [-0.15, -0.1) is 0 Å². The molecule has 0 spiro atoms. The molecule has 1 aromatic rings. The minimum absolute atomic E-state index is 0.614. The molecule has 0 unspecified atom stereocenters. The number of carbonyl (C=O) groups excluding carboxylic acids is 1. The van der Waals surface area contributed by atoms with Crippen LogP contribution in [0.4, 0.5) is 4.79 Å². The topological polar surface area (TPSA) is 59.9 Å². The van der Waals surface area contributed by atoms with Gasteiger partial charge in [-0.1, -0.05) is 22.9 Å². The van der Waals surface area contributed by atoms with Crippen LogP contribution < -0.4 is 10.2 Å². The van der Waals surface area contributed by atoms with Crippen LogP contribution in [0.3, 0.4) is 0 Å². The Morgan fingerprint density at radius 3 is 3.00 bits per heavy atom. The number of ether oxygens (including phenoxy) is 2. The predicted octanol–water partition coefficient (Wildman–Crippen LogP) is 2.93. The molecule has 0 heterocycles. The molecular weight excluding hydrogens is 300 g/mol. The summed E-state index contributed by atoms with van der Waals surface area (Å²) >= 11 is 3.37. The Morgan fingerprint density at radius 1 is 1.56 bits per heavy atom. The van der Waals surface area contributed by atoms with Crippen LogP contribution in [0.15, 0.2) is 27.8 Å². The molecule has 0 aliphatic heterocycles. The largest absolute Gasteiger partial charge is 0.493 e. The molecule has 1 N–H and O–H groups in total. The normalized spacial score (nSPS) is 10.4. The molecule has 5 nitrogen and oxygen atoms in total. The number of hydrogen-bond acceptors (Lipinski definition) is 4. The Kier molecular flexibility index (Phi) is 6.21. The molecule has 98 valence electrons. The molecule has 1 amide bonds. The van der Waals surface area contributed by atoms with E-state index in [1.54, 1.807) is 0 Å². The van der Waals surface area contributed by atoms with Crippen LogP contribution in [0.25, 0.3) is 0 Å². The van der Waals surface area contributed by atoms with Crippen LogP contribution in [-0.4, -0.2) is 26.0 Å². The molecule has 0 fully saturated rings. The second-order valence-electron chi connectivity index (χ2n) is 3.39. The van der Waals surface area contributed by atoms with Gasteiger partial charge in [0.15, 0.2) is 0 Å². The highest BCUT2D eigenvalue weighted by Crippen LogP contribution is 2.21. The van der Waals surface area contributed by atoms with Crippen molar-refractivity contribution in [2.45, 2.75) is 13.3 Å². The maximum absolute atomic E-state index is 10.8. The van der Waals surface area contributed by atoms with Crippen molar-refractivity contribution in [3.63, 3.8) is 0 Å². The second kappa shape index (κ2) is 7.71. The van der Waals surface area contributed by atoms with Gasteiger partial charge in [-0.3, -0.25) is 0 Å². The van der Waals surface area contributed by atoms with Crippen LogP contribution in [0.5, 0.6) is 5.75 Å². The summed E-state index contributed by atoms with van der Waals surface area (Å²) in [6.07, 6.45) is 1.82. The zero-order chi connectivity index (χ0) is 13.4. The zero-order valence-electron chi connectivity index (χ0n) is 10.3. The number of hydrogen-bond donors (Lipinski definition) is 1. The number of hydrazone groups is 1. The van der Waals surface area contributed by atoms with Gasteiger partial charge in [-0.25, -0.2) is 10.2 Å². The first-order valence-corrected chi connectivity index (χ1v) is 6.26. The van der Waals surface area contributed by atoms with E-state index in [0.717, 1.165) is 22.2 Å². The Hall–Kier alpha value is -1.56. The Labute approximate surface area is 114 Å². The lowest BCUT2D eigenvalue weighted by atomic mass is 10.2. The van der Waals surface area contributed by atoms with Gasteiger partial charge in [0.1, 0.15) is 5.75 Å². The smallest absolute Gasteiger partial charge is 0.427 e. The number of methoxy groups -OCH3 is 1. The Morgan fingerprint density at radius 2 is 2.33 bits per heavy atom. The van der Waals surface area contributed by atoms with Crippen LogP contribution in [-0.2, 0) is 4.74 Å². The first kappa shape index (κ1) is 14.5. The molecular formula is C12H15BrN2O3. The van der Waals surface area contributed by atoms with Crippen molar-refractivity contribution in [3.05, 3.63) is 28.2 Å². The number of benzene rings is 1. The van der Waals surface area contributed by atoms with Crippen LogP contribution in [0.1, 0.15) is 18.9 Å². The third-order valence-corrected chi connectivity index (χ3v) is 2.47. The predicted molar refractivity (Wildman–Crippen MR) is 73.1 cm³/mol. The van der Waals surface area contributed by atoms with E-state index in [2.05, 4.69) is 31.2 Å². The second-order valence-corrected chi connectivity index (χ2v) is 4.31. The fourth-order valence-electron chi connectivity index (χ4n) is 1.16. The van der Waals surface area contributed by atoms with Crippen molar-refractivity contribution in [1.29, 1.82) is 0 Å². The maximum Gasteiger partial charge on any atom is 0.427 e. The van der Waals surface area contributed by atoms with E-state index in [-0.39, 0.29) is 0 Å². The van der Waals surface area contributed by atoms with Crippen molar-refractivity contribution < 1.29 is 14.3 Å². The number of halogens is 1. The highest BCUT2D eigenvalue weighted by molar-refractivity contribution is 9.10. The number of amides is 1. The lowest BCUT2D eigenvalue weighted by molar-refractivity contribution is 0.171. The highest BCUT2D eigenvalue weighted by atomic mass is 79.9. The summed E-state index contributed by atoms with van der Waals surface area (Å²) in [5.41, 5.74) is 2.99. The van der Waals surface area contributed by atoms with Gasteiger partial charge < -0.3 is 9.47 Å². The van der Waals surface area contributed by atoms with Crippen molar-refractivity contribution in [1.82, 2.24) is 5.43 Å². The van der Waals surface area contributed by atoms with Gasteiger partial charge in [-0.2, -0.15) is 5.10 Å². The van der Waals surface area contributed by atoms with Crippen molar-refractivity contribution >= 4 is 28.2 Å². The first-order chi connectivity index (χ1) is 8.67. The van der Waals surface area contributed by atoms with Crippen molar-refractivity contribution in [2.75, 3.05) is 13.7 Å². The Bertz CT molecular complexity index is 435. The molecule has 6 heteroatoms. The number of nitrogens with one attached hydrogen (secondary N) is 1. The Balaban J connectivity index is 2.78. The highest BCUT2D eigenvalue weighted by Gasteiger charge is 2.02. The molecule has 0 aliphatic carbocycles. The summed E-state index contributed by atoms with van der Waals surface area (Å²) < 4.78 is 10.9. The SMILES string of the molecule is CCCOc1ccc(Br)cc1/C=N\NC(=O)OC. The summed E-state index contributed by atoms with van der Waals surface area (Å²) in [7, 11) is 1.28. The number of nitrogens with zero attached hydrogens (tertiary/aromatic N) is 1. The molecule has 18 heavy (non-hydrogen) atoms. The summed E-state index contributed by atoms with van der Waals surface area (Å²) in [5.74, 6) is 0.718. The molecule has 1 rings (SSSR count). The molecule has 1 aromatic carbocycles. The van der Waals surface area contributed by atoms with Gasteiger partial charge in [0.25, 0.3) is 0 Å². The third-order valence-electron chi connectivity index (χ3n) is 1.98. The monoisotopic (exact) mass is 314 g/mol. The first-order valence-electron chi connectivity index (χ1n) is 5.46. The molecule has 0 saturated carbocycles. The molecule has 0 aromatic heterocycles. The van der Waals surface area contributed by atoms with Crippen molar-refractivity contribution in [2.24, 2.45) is 5.10 Å². The van der Waals surface area contributed by atoms with Crippen LogP contribution >= 0.6 is 15.9 Å². The fourth-order valence-corrected chi connectivity index (χ4v) is 1.54. The summed E-state index contributed by atoms with van der Waals surface area (Å²) in [6, 6.07) is 5.59. The van der Waals surface area contributed by atoms with Gasteiger partial charge in [0.2, 0.25) is 0 Å². The molecule has 0 saturated heterocycles. The molecule has 0 aliphatic rings. The zero-order valence-corrected chi connectivity index (χ0v) is 11.9. The van der Waals surface area contributed by atoms with Gasteiger partial charge in [0, 0.05) is 10.0 Å². The van der Waals surface area contributed by atoms with Crippen LogP contribution in [0.2, 0.25) is 0 Å². The number of rotatable bonds is 5. The van der Waals surface area contributed by atoms with Gasteiger partial charge in [-0.05, 0) is 24.6 Å².